The molecule has 20 heavy (non-hydrogen) atoms. The quantitative estimate of drug-likeness (QED) is 0.880. The fraction of sp³-hybridized carbons (Fsp3) is 0.467. The first-order valence-electron chi connectivity index (χ1n) is 6.87. The lowest BCUT2D eigenvalue weighted by Crippen LogP contribution is -2.50. The van der Waals surface area contributed by atoms with Crippen molar-refractivity contribution in [2.45, 2.75) is 33.2 Å². The number of anilines is 2. The fourth-order valence-electron chi connectivity index (χ4n) is 2.36. The number of nitrogens with zero attached hydrogens (tertiary/aromatic N) is 1. The molecule has 0 saturated carbocycles. The van der Waals surface area contributed by atoms with Crippen molar-refractivity contribution in [3.8, 4) is 0 Å². The van der Waals surface area contributed by atoms with E-state index in [1.54, 1.807) is 11.9 Å². The van der Waals surface area contributed by atoms with Crippen LogP contribution in [0.1, 0.15) is 24.5 Å². The Bertz CT molecular complexity index is 554. The molecule has 5 heteroatoms. The smallest absolute Gasteiger partial charge is 0.250 e. The van der Waals surface area contributed by atoms with E-state index in [9.17, 15) is 9.59 Å². The molecule has 0 saturated heterocycles. The maximum absolute atomic E-state index is 12.5. The average Bonchev–Trinajstić information content (AvgIpc) is 2.43. The first kappa shape index (κ1) is 14.4. The fourth-order valence-corrected chi connectivity index (χ4v) is 2.36. The summed E-state index contributed by atoms with van der Waals surface area (Å²) in [6.07, 6.45) is 0.690. The Morgan fingerprint density at radius 2 is 2.00 bits per heavy atom. The minimum Gasteiger partial charge on any atom is -0.372 e. The summed E-state index contributed by atoms with van der Waals surface area (Å²) in [4.78, 5) is 25.7. The van der Waals surface area contributed by atoms with Gasteiger partial charge in [0, 0.05) is 7.05 Å². The van der Waals surface area contributed by atoms with E-state index >= 15 is 0 Å². The molecule has 0 aromatic heterocycles. The molecule has 2 N–H and O–H groups in total. The van der Waals surface area contributed by atoms with Gasteiger partial charge in [0.1, 0.15) is 12.6 Å². The summed E-state index contributed by atoms with van der Waals surface area (Å²) in [5, 5.41) is 5.83. The highest BCUT2D eigenvalue weighted by atomic mass is 16.2. The van der Waals surface area contributed by atoms with Gasteiger partial charge in [-0.15, -0.1) is 0 Å². The van der Waals surface area contributed by atoms with E-state index in [2.05, 4.69) is 10.6 Å². The van der Waals surface area contributed by atoms with Crippen LogP contribution in [-0.4, -0.2) is 31.4 Å². The summed E-state index contributed by atoms with van der Waals surface area (Å²) in [6.45, 7) is 6.06. The van der Waals surface area contributed by atoms with Crippen molar-refractivity contribution in [1.29, 1.82) is 0 Å². The van der Waals surface area contributed by atoms with Gasteiger partial charge in [-0.3, -0.25) is 14.5 Å². The number of rotatable bonds is 3. The van der Waals surface area contributed by atoms with E-state index in [0.29, 0.717) is 6.42 Å². The minimum absolute atomic E-state index is 0.0492. The number of carbonyl (C=O) groups excluding carboxylic acids is 2. The van der Waals surface area contributed by atoms with Gasteiger partial charge in [0.2, 0.25) is 11.8 Å². The number of likely N-dealkylation sites (N-methyl/N-ethyl adjacent to an activating group) is 1. The Labute approximate surface area is 119 Å². The predicted molar refractivity (Wildman–Crippen MR) is 80.0 cm³/mol. The summed E-state index contributed by atoms with van der Waals surface area (Å²) in [7, 11) is 1.58. The number of benzene rings is 1. The maximum Gasteiger partial charge on any atom is 0.250 e. The molecule has 0 bridgehead atoms. The van der Waals surface area contributed by atoms with Crippen LogP contribution >= 0.6 is 0 Å². The van der Waals surface area contributed by atoms with Crippen molar-refractivity contribution >= 4 is 23.2 Å². The maximum atomic E-state index is 12.5. The second-order valence-electron chi connectivity index (χ2n) is 5.16. The van der Waals surface area contributed by atoms with Crippen LogP contribution in [0.5, 0.6) is 0 Å². The lowest BCUT2D eigenvalue weighted by Gasteiger charge is -2.35. The van der Waals surface area contributed by atoms with Crippen molar-refractivity contribution in [2.24, 2.45) is 0 Å². The van der Waals surface area contributed by atoms with Crippen LogP contribution in [0.2, 0.25) is 0 Å². The Balaban J connectivity index is 2.46. The van der Waals surface area contributed by atoms with Crippen LogP contribution in [0.4, 0.5) is 11.4 Å². The van der Waals surface area contributed by atoms with E-state index in [0.717, 1.165) is 16.9 Å². The molecule has 2 rings (SSSR count). The highest BCUT2D eigenvalue weighted by Crippen LogP contribution is 2.34. The standard InChI is InChI=1S/C15H21N3O2/c1-5-11-15(20)18(8-14(19)16-4)13-7-10(3)9(2)6-12(13)17-11/h6-7,11,17H,5,8H2,1-4H3,(H,16,19). The van der Waals surface area contributed by atoms with E-state index in [1.165, 1.54) is 5.56 Å². The van der Waals surface area contributed by atoms with Crippen LogP contribution in [0.3, 0.4) is 0 Å². The van der Waals surface area contributed by atoms with Gasteiger partial charge in [0.05, 0.1) is 11.4 Å². The predicted octanol–water partition coefficient (Wildman–Crippen LogP) is 1.59. The van der Waals surface area contributed by atoms with Gasteiger partial charge in [0.25, 0.3) is 0 Å². The molecule has 1 aliphatic rings. The van der Waals surface area contributed by atoms with Crippen LogP contribution < -0.4 is 15.5 Å². The molecule has 108 valence electrons. The largest absolute Gasteiger partial charge is 0.372 e. The van der Waals surface area contributed by atoms with Gasteiger partial charge in [0.15, 0.2) is 0 Å². The molecule has 0 spiro atoms. The van der Waals surface area contributed by atoms with Gasteiger partial charge >= 0.3 is 0 Å². The zero-order chi connectivity index (χ0) is 14.9. The lowest BCUT2D eigenvalue weighted by molar-refractivity contribution is -0.124. The summed E-state index contributed by atoms with van der Waals surface area (Å²) in [6, 6.07) is 3.73. The van der Waals surface area contributed by atoms with Crippen molar-refractivity contribution in [3.05, 3.63) is 23.3 Å². The van der Waals surface area contributed by atoms with E-state index in [1.807, 2.05) is 32.9 Å². The SMILES string of the molecule is CCC1Nc2cc(C)c(C)cc2N(CC(=O)NC)C1=O. The molecule has 1 aromatic carbocycles. The number of hydrogen-bond donors (Lipinski definition) is 2. The third kappa shape index (κ3) is 2.48. The van der Waals surface area contributed by atoms with Gasteiger partial charge in [-0.2, -0.15) is 0 Å². The molecule has 0 radical (unpaired) electrons. The Kier molecular flexibility index (Phi) is 3.97. The number of hydrogen-bond acceptors (Lipinski definition) is 3. The monoisotopic (exact) mass is 275 g/mol. The topological polar surface area (TPSA) is 61.4 Å². The minimum atomic E-state index is -0.269. The molecule has 1 aromatic rings. The highest BCUT2D eigenvalue weighted by Gasteiger charge is 2.32. The van der Waals surface area contributed by atoms with Gasteiger partial charge in [-0.05, 0) is 43.5 Å². The van der Waals surface area contributed by atoms with Gasteiger partial charge < -0.3 is 10.6 Å². The molecular weight excluding hydrogens is 254 g/mol. The van der Waals surface area contributed by atoms with Crippen LogP contribution in [0.15, 0.2) is 12.1 Å². The summed E-state index contributed by atoms with van der Waals surface area (Å²) in [5.74, 6) is -0.217. The number of fused-ring (bicyclic) bond motifs is 1. The number of carbonyl (C=O) groups is 2. The first-order valence-corrected chi connectivity index (χ1v) is 6.87. The molecule has 0 fully saturated rings. The first-order chi connectivity index (χ1) is 9.47. The third-order valence-electron chi connectivity index (χ3n) is 3.79. The van der Waals surface area contributed by atoms with E-state index < -0.39 is 0 Å². The Morgan fingerprint density at radius 3 is 2.60 bits per heavy atom. The van der Waals surface area contributed by atoms with Crippen LogP contribution in [0, 0.1) is 13.8 Å². The molecule has 1 aliphatic heterocycles. The van der Waals surface area contributed by atoms with Crippen molar-refractivity contribution < 1.29 is 9.59 Å². The Morgan fingerprint density at radius 1 is 1.35 bits per heavy atom. The Hall–Kier alpha value is -2.04. The molecule has 1 unspecified atom stereocenters. The summed E-state index contributed by atoms with van der Waals surface area (Å²) < 4.78 is 0. The third-order valence-corrected chi connectivity index (χ3v) is 3.79. The molecule has 0 aliphatic carbocycles. The zero-order valence-electron chi connectivity index (χ0n) is 12.4. The van der Waals surface area contributed by atoms with E-state index in [-0.39, 0.29) is 24.4 Å². The zero-order valence-corrected chi connectivity index (χ0v) is 12.4. The molecule has 1 atom stereocenters. The summed E-state index contributed by atoms with van der Waals surface area (Å²) >= 11 is 0. The van der Waals surface area contributed by atoms with Gasteiger partial charge in [-0.25, -0.2) is 0 Å². The number of amides is 2. The van der Waals surface area contributed by atoms with Gasteiger partial charge in [-0.1, -0.05) is 6.92 Å². The summed E-state index contributed by atoms with van der Waals surface area (Å²) in [5.41, 5.74) is 3.98. The van der Waals surface area contributed by atoms with E-state index in [4.69, 9.17) is 0 Å². The van der Waals surface area contributed by atoms with Crippen molar-refractivity contribution in [2.75, 3.05) is 23.8 Å². The van der Waals surface area contributed by atoms with Crippen LogP contribution in [0.25, 0.3) is 0 Å². The molecule has 5 nitrogen and oxygen atoms in total. The normalized spacial score (nSPS) is 17.5. The molecular formula is C15H21N3O2. The van der Waals surface area contributed by atoms with Crippen molar-refractivity contribution in [1.82, 2.24) is 5.32 Å². The molecule has 1 heterocycles. The second-order valence-corrected chi connectivity index (χ2v) is 5.16. The van der Waals surface area contributed by atoms with Crippen LogP contribution in [-0.2, 0) is 9.59 Å². The number of nitrogens with one attached hydrogen (secondary N) is 2. The molecule has 2 amide bonds. The highest BCUT2D eigenvalue weighted by molar-refractivity contribution is 6.08. The second kappa shape index (κ2) is 5.53. The van der Waals surface area contributed by atoms with Crippen molar-refractivity contribution in [3.63, 3.8) is 0 Å². The average molecular weight is 275 g/mol. The lowest BCUT2D eigenvalue weighted by atomic mass is 10.0. The number of aryl methyl sites for hydroxylation is 2.